The third kappa shape index (κ3) is 3.72. The Morgan fingerprint density at radius 3 is 2.05 bits per heavy atom. The zero-order chi connectivity index (χ0) is 15.2. The molecule has 1 unspecified atom stereocenters. The van der Waals surface area contributed by atoms with Crippen molar-refractivity contribution in [1.29, 1.82) is 0 Å². The lowest BCUT2D eigenvalue weighted by molar-refractivity contribution is -0.384. The number of nitro benzene ring substituents is 1. The summed E-state index contributed by atoms with van der Waals surface area (Å²) < 4.78 is 13.0. The summed E-state index contributed by atoms with van der Waals surface area (Å²) in [6.45, 7) is 0. The minimum absolute atomic E-state index is 0.0204. The fourth-order valence-corrected chi connectivity index (χ4v) is 2.28. The molecular weight excluding hydrogens is 273 g/mol. The number of carbonyl (C=O) groups excluding carboxylic acids is 1. The van der Waals surface area contributed by atoms with Crippen molar-refractivity contribution in [2.75, 3.05) is 0 Å². The van der Waals surface area contributed by atoms with Crippen molar-refractivity contribution in [3.05, 3.63) is 75.6 Å². The summed E-state index contributed by atoms with van der Waals surface area (Å²) in [5, 5.41) is 10.7. The van der Waals surface area contributed by atoms with Gasteiger partial charge >= 0.3 is 0 Å². The summed E-state index contributed by atoms with van der Waals surface area (Å²) in [5.41, 5.74) is 1.77. The molecule has 21 heavy (non-hydrogen) atoms. The Morgan fingerprint density at radius 1 is 1.05 bits per heavy atom. The summed E-state index contributed by atoms with van der Waals surface area (Å²) in [5.74, 6) is -0.409. The zero-order valence-corrected chi connectivity index (χ0v) is 11.2. The molecule has 0 N–H and O–H groups in total. The van der Waals surface area contributed by atoms with Crippen LogP contribution in [0, 0.1) is 15.9 Å². The Labute approximate surface area is 121 Å². The molecule has 0 aromatic heterocycles. The van der Waals surface area contributed by atoms with Crippen LogP contribution in [0.25, 0.3) is 0 Å². The van der Waals surface area contributed by atoms with E-state index in [-0.39, 0.29) is 17.4 Å². The number of nitrogens with zero attached hydrogens (tertiary/aromatic N) is 1. The lowest BCUT2D eigenvalue weighted by atomic mass is 9.87. The first kappa shape index (κ1) is 14.8. The van der Waals surface area contributed by atoms with Gasteiger partial charge < -0.3 is 4.79 Å². The molecule has 0 radical (unpaired) electrons. The first-order chi connectivity index (χ1) is 10.1. The molecule has 0 saturated heterocycles. The van der Waals surface area contributed by atoms with Crippen molar-refractivity contribution < 1.29 is 14.1 Å². The van der Waals surface area contributed by atoms with Gasteiger partial charge in [-0.3, -0.25) is 10.1 Å². The minimum Gasteiger partial charge on any atom is -0.303 e. The van der Waals surface area contributed by atoms with E-state index in [0.717, 1.165) is 17.4 Å². The Balaban J connectivity index is 2.32. The van der Waals surface area contributed by atoms with Crippen LogP contribution in [0.15, 0.2) is 48.5 Å². The molecule has 108 valence electrons. The number of hydrogen-bond acceptors (Lipinski definition) is 3. The molecule has 0 saturated carbocycles. The Morgan fingerprint density at radius 2 is 1.57 bits per heavy atom. The normalized spacial score (nSPS) is 11.9. The number of halogens is 1. The molecule has 0 aliphatic rings. The highest BCUT2D eigenvalue weighted by atomic mass is 19.1. The minimum atomic E-state index is -0.456. The maximum Gasteiger partial charge on any atom is 0.269 e. The number of benzene rings is 2. The molecule has 0 fully saturated rings. The largest absolute Gasteiger partial charge is 0.303 e. The monoisotopic (exact) mass is 287 g/mol. The van der Waals surface area contributed by atoms with Crippen molar-refractivity contribution >= 4 is 12.0 Å². The maximum absolute atomic E-state index is 13.0. The van der Waals surface area contributed by atoms with Crippen molar-refractivity contribution in [1.82, 2.24) is 0 Å². The van der Waals surface area contributed by atoms with Crippen molar-refractivity contribution in [2.45, 2.75) is 18.8 Å². The number of non-ortho nitro benzene ring substituents is 1. The molecule has 0 heterocycles. The van der Waals surface area contributed by atoms with Gasteiger partial charge in [-0.2, -0.15) is 0 Å². The molecule has 2 rings (SSSR count). The number of carbonyl (C=O) groups is 1. The highest BCUT2D eigenvalue weighted by Gasteiger charge is 2.15. The van der Waals surface area contributed by atoms with E-state index in [1.165, 1.54) is 24.3 Å². The van der Waals surface area contributed by atoms with Gasteiger partial charge in [0.1, 0.15) is 12.1 Å². The molecule has 0 bridgehead atoms. The van der Waals surface area contributed by atoms with E-state index in [0.29, 0.717) is 12.8 Å². The predicted molar refractivity (Wildman–Crippen MR) is 76.6 cm³/mol. The lowest BCUT2D eigenvalue weighted by Gasteiger charge is -2.17. The second-order valence-electron chi connectivity index (χ2n) is 4.70. The van der Waals surface area contributed by atoms with E-state index in [1.807, 2.05) is 0 Å². The van der Waals surface area contributed by atoms with Crippen LogP contribution in [0.3, 0.4) is 0 Å². The van der Waals surface area contributed by atoms with Crippen LogP contribution in [0.1, 0.15) is 29.9 Å². The van der Waals surface area contributed by atoms with Crippen LogP contribution >= 0.6 is 0 Å². The summed E-state index contributed by atoms with van der Waals surface area (Å²) >= 11 is 0. The first-order valence-electron chi connectivity index (χ1n) is 6.55. The molecule has 0 amide bonds. The Hall–Kier alpha value is -2.56. The standard InChI is InChI=1S/C16H14FNO3/c17-14-7-3-12(4-8-14)16(2-1-11-19)13-5-9-15(10-6-13)18(20)21/h3-11,16H,1-2H2. The fraction of sp³-hybridized carbons (Fsp3) is 0.188. The molecular formula is C16H14FNO3. The summed E-state index contributed by atoms with van der Waals surface area (Å²) in [6, 6.07) is 12.3. The Bertz CT molecular complexity index is 623. The highest BCUT2D eigenvalue weighted by Crippen LogP contribution is 2.30. The third-order valence-electron chi connectivity index (χ3n) is 3.35. The van der Waals surface area contributed by atoms with Gasteiger partial charge in [-0.1, -0.05) is 24.3 Å². The van der Waals surface area contributed by atoms with Crippen LogP contribution < -0.4 is 0 Å². The third-order valence-corrected chi connectivity index (χ3v) is 3.35. The molecule has 0 spiro atoms. The van der Waals surface area contributed by atoms with Crippen LogP contribution in [0.2, 0.25) is 0 Å². The van der Waals surface area contributed by atoms with Gasteiger partial charge in [-0.25, -0.2) is 4.39 Å². The van der Waals surface area contributed by atoms with E-state index in [4.69, 9.17) is 0 Å². The number of rotatable bonds is 6. The zero-order valence-electron chi connectivity index (χ0n) is 11.2. The van der Waals surface area contributed by atoms with Gasteiger partial charge in [-0.05, 0) is 29.7 Å². The van der Waals surface area contributed by atoms with E-state index >= 15 is 0 Å². The van der Waals surface area contributed by atoms with E-state index in [9.17, 15) is 19.3 Å². The average Bonchev–Trinajstić information content (AvgIpc) is 2.50. The molecule has 2 aromatic rings. The van der Waals surface area contributed by atoms with Gasteiger partial charge in [0.2, 0.25) is 0 Å². The topological polar surface area (TPSA) is 60.2 Å². The second-order valence-corrected chi connectivity index (χ2v) is 4.70. The van der Waals surface area contributed by atoms with Crippen LogP contribution in [0.5, 0.6) is 0 Å². The molecule has 5 heteroatoms. The van der Waals surface area contributed by atoms with Gasteiger partial charge in [0, 0.05) is 24.5 Å². The average molecular weight is 287 g/mol. The van der Waals surface area contributed by atoms with Crippen molar-refractivity contribution in [2.24, 2.45) is 0 Å². The first-order valence-corrected chi connectivity index (χ1v) is 6.55. The number of aldehydes is 1. The van der Waals surface area contributed by atoms with Gasteiger partial charge in [0.05, 0.1) is 4.92 Å². The maximum atomic E-state index is 13.0. The van der Waals surface area contributed by atoms with Crippen molar-refractivity contribution in [3.8, 4) is 0 Å². The fourth-order valence-electron chi connectivity index (χ4n) is 2.28. The molecule has 0 aliphatic carbocycles. The van der Waals surface area contributed by atoms with Crippen LogP contribution in [-0.4, -0.2) is 11.2 Å². The summed E-state index contributed by atoms with van der Waals surface area (Å²) in [7, 11) is 0. The highest BCUT2D eigenvalue weighted by molar-refractivity contribution is 5.50. The summed E-state index contributed by atoms with van der Waals surface area (Å²) in [6.07, 6.45) is 1.79. The van der Waals surface area contributed by atoms with E-state index < -0.39 is 4.92 Å². The Kier molecular flexibility index (Phi) is 4.77. The molecule has 0 aliphatic heterocycles. The molecule has 2 aromatic carbocycles. The number of nitro groups is 1. The van der Waals surface area contributed by atoms with Gasteiger partial charge in [-0.15, -0.1) is 0 Å². The quantitative estimate of drug-likeness (QED) is 0.460. The van der Waals surface area contributed by atoms with Crippen molar-refractivity contribution in [3.63, 3.8) is 0 Å². The second kappa shape index (κ2) is 6.74. The SMILES string of the molecule is O=CCCC(c1ccc(F)cc1)c1ccc([N+](=O)[O-])cc1. The predicted octanol–water partition coefficient (Wildman–Crippen LogP) is 3.84. The lowest BCUT2D eigenvalue weighted by Crippen LogP contribution is -2.02. The molecule has 4 nitrogen and oxygen atoms in total. The van der Waals surface area contributed by atoms with Crippen LogP contribution in [-0.2, 0) is 4.79 Å². The van der Waals surface area contributed by atoms with Gasteiger partial charge in [0.25, 0.3) is 5.69 Å². The van der Waals surface area contributed by atoms with Crippen LogP contribution in [0.4, 0.5) is 10.1 Å². The van der Waals surface area contributed by atoms with E-state index in [2.05, 4.69) is 0 Å². The van der Waals surface area contributed by atoms with E-state index in [1.54, 1.807) is 24.3 Å². The molecule has 1 atom stereocenters. The number of hydrogen-bond donors (Lipinski definition) is 0. The smallest absolute Gasteiger partial charge is 0.269 e. The summed E-state index contributed by atoms with van der Waals surface area (Å²) in [4.78, 5) is 20.8. The van der Waals surface area contributed by atoms with Gasteiger partial charge in [0.15, 0.2) is 0 Å².